The second-order valence-electron chi connectivity index (χ2n) is 10.0. The summed E-state index contributed by atoms with van der Waals surface area (Å²) in [7, 11) is 0. The third-order valence-corrected chi connectivity index (χ3v) is 9.10. The third-order valence-electron chi connectivity index (χ3n) is 9.10. The summed E-state index contributed by atoms with van der Waals surface area (Å²) in [6, 6.07) is 0. The molecule has 4 aliphatic carbocycles. The van der Waals surface area contributed by atoms with Crippen LogP contribution in [0.15, 0.2) is 11.6 Å². The summed E-state index contributed by atoms with van der Waals surface area (Å²) in [4.78, 5) is 0. The molecule has 1 nitrogen and oxygen atoms in total. The zero-order valence-corrected chi connectivity index (χ0v) is 15.8. The van der Waals surface area contributed by atoms with Gasteiger partial charge < -0.3 is 5.11 Å². The fourth-order valence-corrected chi connectivity index (χ4v) is 7.81. The largest absolute Gasteiger partial charge is 0.390 e. The van der Waals surface area contributed by atoms with Gasteiger partial charge in [-0.15, -0.1) is 0 Å². The summed E-state index contributed by atoms with van der Waals surface area (Å²) in [5.74, 6) is 2.46. The van der Waals surface area contributed by atoms with Crippen LogP contribution in [-0.4, -0.2) is 17.4 Å². The molecule has 7 atom stereocenters. The lowest BCUT2D eigenvalue weighted by Crippen LogP contribution is -2.57. The maximum absolute atomic E-state index is 14.5. The zero-order chi connectivity index (χ0) is 17.2. The van der Waals surface area contributed by atoms with Gasteiger partial charge in [-0.2, -0.15) is 0 Å². The van der Waals surface area contributed by atoms with Gasteiger partial charge >= 0.3 is 0 Å². The first-order valence-corrected chi connectivity index (χ1v) is 10.3. The number of hydrogen-bond acceptors (Lipinski definition) is 1. The Kier molecular flexibility index (Phi) is 3.95. The number of halogens is 1. The van der Waals surface area contributed by atoms with Gasteiger partial charge in [-0.05, 0) is 101 Å². The van der Waals surface area contributed by atoms with Gasteiger partial charge in [0.1, 0.15) is 0 Å². The number of allylic oxidation sites excluding steroid dienone is 2. The summed E-state index contributed by atoms with van der Waals surface area (Å²) in [5.41, 5.74) is 1.38. The second kappa shape index (κ2) is 5.56. The summed E-state index contributed by atoms with van der Waals surface area (Å²) in [6.07, 6.45) is 12.3. The third kappa shape index (κ3) is 2.20. The number of rotatable bonds is 1. The van der Waals surface area contributed by atoms with Gasteiger partial charge in [-0.25, -0.2) is 0 Å². The van der Waals surface area contributed by atoms with Crippen LogP contribution >= 0.6 is 0 Å². The molecule has 0 saturated heterocycles. The molecule has 4 rings (SSSR count). The van der Waals surface area contributed by atoms with E-state index in [1.165, 1.54) is 32.1 Å². The minimum Gasteiger partial charge on any atom is -0.390 e. The first kappa shape index (κ1) is 17.1. The molecule has 0 radical (unpaired) electrons. The van der Waals surface area contributed by atoms with Gasteiger partial charge in [0.15, 0.2) is 0 Å². The molecule has 2 heteroatoms. The van der Waals surface area contributed by atoms with E-state index in [9.17, 15) is 9.50 Å². The first-order valence-electron chi connectivity index (χ1n) is 10.3. The molecule has 0 aromatic carbocycles. The lowest BCUT2D eigenvalue weighted by Gasteiger charge is -2.61. The lowest BCUT2D eigenvalue weighted by molar-refractivity contribution is -0.155. The molecule has 0 spiro atoms. The van der Waals surface area contributed by atoms with Crippen LogP contribution in [0.5, 0.6) is 0 Å². The quantitative estimate of drug-likeness (QED) is 0.612. The number of fused-ring (bicyclic) bond motifs is 5. The van der Waals surface area contributed by atoms with Crippen molar-refractivity contribution in [3.05, 3.63) is 11.6 Å². The van der Waals surface area contributed by atoms with E-state index < -0.39 is 5.60 Å². The molecule has 0 bridgehead atoms. The molecular formula is C22H35FO. The van der Waals surface area contributed by atoms with E-state index in [2.05, 4.69) is 19.9 Å². The standard InChI is InChI=1S/C22H35FO/c1-4-15-6-8-18-17-7-5-16-13-20(2,24)11-12-22(16,14-23)19(17)9-10-21(15,18)3/h4,16-19,24H,5-14H2,1-3H3/b15-4+/t16?,17-,18-,19-,20+,21+,22+/m0/s1. The molecule has 0 amide bonds. The van der Waals surface area contributed by atoms with Gasteiger partial charge in [0.2, 0.25) is 0 Å². The Hall–Kier alpha value is -0.370. The van der Waals surface area contributed by atoms with E-state index in [-0.39, 0.29) is 12.1 Å². The minimum absolute atomic E-state index is 0.120. The Morgan fingerprint density at radius 2 is 1.88 bits per heavy atom. The topological polar surface area (TPSA) is 20.2 Å². The Balaban J connectivity index is 1.66. The van der Waals surface area contributed by atoms with E-state index >= 15 is 0 Å². The Morgan fingerprint density at radius 1 is 1.08 bits per heavy atom. The smallest absolute Gasteiger partial charge is 0.0956 e. The summed E-state index contributed by atoms with van der Waals surface area (Å²) < 4.78 is 14.5. The van der Waals surface area contributed by atoms with Crippen molar-refractivity contribution in [1.29, 1.82) is 0 Å². The van der Waals surface area contributed by atoms with Crippen LogP contribution in [0, 0.1) is 34.5 Å². The molecule has 1 N–H and O–H groups in total. The summed E-state index contributed by atoms with van der Waals surface area (Å²) >= 11 is 0. The van der Waals surface area contributed by atoms with Crippen molar-refractivity contribution < 1.29 is 9.50 Å². The van der Waals surface area contributed by atoms with Crippen molar-refractivity contribution in [1.82, 2.24) is 0 Å². The van der Waals surface area contributed by atoms with Crippen LogP contribution in [-0.2, 0) is 0 Å². The van der Waals surface area contributed by atoms with E-state index in [4.69, 9.17) is 0 Å². The van der Waals surface area contributed by atoms with Crippen molar-refractivity contribution in [2.45, 2.75) is 84.2 Å². The van der Waals surface area contributed by atoms with Crippen molar-refractivity contribution in [3.8, 4) is 0 Å². The predicted molar refractivity (Wildman–Crippen MR) is 96.4 cm³/mol. The highest BCUT2D eigenvalue weighted by atomic mass is 19.1. The van der Waals surface area contributed by atoms with E-state index in [0.29, 0.717) is 17.3 Å². The van der Waals surface area contributed by atoms with E-state index in [1.54, 1.807) is 5.57 Å². The molecule has 4 fully saturated rings. The highest BCUT2D eigenvalue weighted by Gasteiger charge is 2.61. The van der Waals surface area contributed by atoms with Crippen LogP contribution in [0.2, 0.25) is 0 Å². The molecule has 4 saturated carbocycles. The zero-order valence-electron chi connectivity index (χ0n) is 15.8. The molecule has 4 aliphatic rings. The monoisotopic (exact) mass is 334 g/mol. The van der Waals surface area contributed by atoms with Crippen molar-refractivity contribution in [3.63, 3.8) is 0 Å². The molecular weight excluding hydrogens is 299 g/mol. The number of hydrogen-bond donors (Lipinski definition) is 1. The van der Waals surface area contributed by atoms with E-state index in [1.807, 2.05) is 6.92 Å². The van der Waals surface area contributed by atoms with Crippen LogP contribution < -0.4 is 0 Å². The normalized spacial score (nSPS) is 55.8. The fourth-order valence-electron chi connectivity index (χ4n) is 7.81. The molecule has 24 heavy (non-hydrogen) atoms. The highest BCUT2D eigenvalue weighted by Crippen LogP contribution is 2.68. The molecule has 0 heterocycles. The van der Waals surface area contributed by atoms with Crippen LogP contribution in [0.1, 0.15) is 78.6 Å². The molecule has 136 valence electrons. The summed E-state index contributed by atoms with van der Waals surface area (Å²) in [5, 5.41) is 10.5. The fraction of sp³-hybridized carbons (Fsp3) is 0.909. The minimum atomic E-state index is -0.565. The van der Waals surface area contributed by atoms with Gasteiger partial charge in [-0.1, -0.05) is 18.6 Å². The second-order valence-corrected chi connectivity index (χ2v) is 10.0. The molecule has 0 aromatic rings. The van der Waals surface area contributed by atoms with Crippen molar-refractivity contribution >= 4 is 0 Å². The number of aliphatic hydroxyl groups is 1. The van der Waals surface area contributed by atoms with Crippen molar-refractivity contribution in [2.75, 3.05) is 6.67 Å². The van der Waals surface area contributed by atoms with Gasteiger partial charge in [0.25, 0.3) is 0 Å². The SMILES string of the molecule is C/C=C1\CC[C@H]2[C@@H]3CCC4C[C@](C)(O)CC[C@]4(CF)[C@H]3CC[C@]12C. The van der Waals surface area contributed by atoms with Gasteiger partial charge in [0, 0.05) is 5.41 Å². The van der Waals surface area contributed by atoms with Crippen molar-refractivity contribution in [2.24, 2.45) is 34.5 Å². The molecule has 1 unspecified atom stereocenters. The maximum Gasteiger partial charge on any atom is 0.0956 e. The molecule has 0 aromatic heterocycles. The lowest BCUT2D eigenvalue weighted by atomic mass is 9.44. The van der Waals surface area contributed by atoms with Crippen LogP contribution in [0.25, 0.3) is 0 Å². The maximum atomic E-state index is 14.5. The number of alkyl halides is 1. The Bertz CT molecular complexity index is 538. The van der Waals surface area contributed by atoms with Gasteiger partial charge in [0.05, 0.1) is 12.3 Å². The average Bonchev–Trinajstić information content (AvgIpc) is 2.90. The van der Waals surface area contributed by atoms with E-state index in [0.717, 1.165) is 37.5 Å². The van der Waals surface area contributed by atoms with Gasteiger partial charge in [-0.3, -0.25) is 4.39 Å². The first-order chi connectivity index (χ1) is 11.4. The van der Waals surface area contributed by atoms with Crippen LogP contribution in [0.4, 0.5) is 4.39 Å². The highest BCUT2D eigenvalue weighted by molar-refractivity contribution is 5.24. The predicted octanol–water partition coefficient (Wildman–Crippen LogP) is 5.68. The Labute approximate surface area is 147 Å². The Morgan fingerprint density at radius 3 is 2.58 bits per heavy atom. The van der Waals surface area contributed by atoms with Crippen LogP contribution in [0.3, 0.4) is 0 Å². The molecule has 0 aliphatic heterocycles. The summed E-state index contributed by atoms with van der Waals surface area (Å²) in [6.45, 7) is 6.51. The average molecular weight is 335 g/mol.